The van der Waals surface area contributed by atoms with Crippen LogP contribution in [0.3, 0.4) is 0 Å². The van der Waals surface area contributed by atoms with Gasteiger partial charge in [-0.15, -0.1) is 0 Å². The first-order chi connectivity index (χ1) is 15.9. The molecule has 0 aliphatic carbocycles. The van der Waals surface area contributed by atoms with E-state index in [1.54, 1.807) is 0 Å². The van der Waals surface area contributed by atoms with Crippen LogP contribution in [0.15, 0.2) is 109 Å². The maximum absolute atomic E-state index is 5.08. The second-order valence-electron chi connectivity index (χ2n) is 7.73. The standard InChI is InChI=1S/C30H18N2/c1-3-9-21(10-4-1)15-16-23-19-31-20-27-24(23)17-18-26-25-13-7-8-14-28(25)32-30(29(26)27)22-11-5-2-6-12-22/h1-14,17-20H. The molecule has 0 aliphatic rings. The van der Waals surface area contributed by atoms with Crippen LogP contribution in [-0.2, 0) is 0 Å². The van der Waals surface area contributed by atoms with Gasteiger partial charge in [0.25, 0.3) is 0 Å². The smallest absolute Gasteiger partial charge is 0.0794 e. The second kappa shape index (κ2) is 7.65. The van der Waals surface area contributed by atoms with Gasteiger partial charge in [-0.3, -0.25) is 4.98 Å². The van der Waals surface area contributed by atoms with Gasteiger partial charge in [-0.25, -0.2) is 4.98 Å². The first-order valence-electron chi connectivity index (χ1n) is 10.6. The zero-order valence-corrected chi connectivity index (χ0v) is 17.3. The zero-order valence-electron chi connectivity index (χ0n) is 17.3. The number of rotatable bonds is 1. The van der Waals surface area contributed by atoms with Crippen LogP contribution in [0.25, 0.3) is 43.7 Å². The van der Waals surface area contributed by atoms with Gasteiger partial charge in [-0.05, 0) is 23.6 Å². The minimum Gasteiger partial charge on any atom is -0.263 e. The highest BCUT2D eigenvalue weighted by atomic mass is 14.7. The Balaban J connectivity index is 1.70. The van der Waals surface area contributed by atoms with Crippen molar-refractivity contribution in [3.63, 3.8) is 0 Å². The molecule has 0 atom stereocenters. The summed E-state index contributed by atoms with van der Waals surface area (Å²) in [5, 5.41) is 5.59. The Kier molecular flexibility index (Phi) is 4.37. The summed E-state index contributed by atoms with van der Waals surface area (Å²) in [5.74, 6) is 6.60. The van der Waals surface area contributed by atoms with E-state index in [0.29, 0.717) is 0 Å². The molecule has 2 heteroatoms. The normalized spacial score (nSPS) is 10.9. The average Bonchev–Trinajstić information content (AvgIpc) is 2.87. The van der Waals surface area contributed by atoms with Crippen molar-refractivity contribution in [3.8, 4) is 23.1 Å². The van der Waals surface area contributed by atoms with Gasteiger partial charge >= 0.3 is 0 Å². The summed E-state index contributed by atoms with van der Waals surface area (Å²) < 4.78 is 0. The number of nitrogens with zero attached hydrogens (tertiary/aromatic N) is 2. The molecule has 148 valence electrons. The molecule has 0 fully saturated rings. The molecule has 0 saturated heterocycles. The largest absolute Gasteiger partial charge is 0.263 e. The maximum Gasteiger partial charge on any atom is 0.0794 e. The molecule has 2 aromatic heterocycles. The van der Waals surface area contributed by atoms with E-state index < -0.39 is 0 Å². The Morgan fingerprint density at radius 1 is 0.531 bits per heavy atom. The van der Waals surface area contributed by atoms with E-state index >= 15 is 0 Å². The first kappa shape index (κ1) is 18.3. The lowest BCUT2D eigenvalue weighted by Gasteiger charge is -2.13. The molecule has 32 heavy (non-hydrogen) atoms. The topological polar surface area (TPSA) is 25.8 Å². The van der Waals surface area contributed by atoms with Crippen LogP contribution >= 0.6 is 0 Å². The summed E-state index contributed by atoms with van der Waals surface area (Å²) in [6.07, 6.45) is 3.79. The van der Waals surface area contributed by atoms with Crippen molar-refractivity contribution in [2.24, 2.45) is 0 Å². The lowest BCUT2D eigenvalue weighted by molar-refractivity contribution is 1.35. The molecule has 0 amide bonds. The quantitative estimate of drug-likeness (QED) is 0.217. The van der Waals surface area contributed by atoms with E-state index in [2.05, 4.69) is 71.4 Å². The lowest BCUT2D eigenvalue weighted by atomic mass is 9.94. The molecule has 0 unspecified atom stereocenters. The highest BCUT2D eigenvalue weighted by Gasteiger charge is 2.14. The van der Waals surface area contributed by atoms with Gasteiger partial charge in [0, 0.05) is 45.1 Å². The fourth-order valence-electron chi connectivity index (χ4n) is 4.26. The van der Waals surface area contributed by atoms with Gasteiger partial charge in [0.05, 0.1) is 16.8 Å². The van der Waals surface area contributed by atoms with Gasteiger partial charge in [0.15, 0.2) is 0 Å². The third-order valence-electron chi connectivity index (χ3n) is 5.77. The van der Waals surface area contributed by atoms with Gasteiger partial charge in [0.1, 0.15) is 0 Å². The molecule has 0 radical (unpaired) electrons. The van der Waals surface area contributed by atoms with Crippen molar-refractivity contribution in [1.82, 2.24) is 9.97 Å². The third-order valence-corrected chi connectivity index (χ3v) is 5.77. The maximum atomic E-state index is 5.08. The zero-order chi connectivity index (χ0) is 21.3. The fourth-order valence-corrected chi connectivity index (χ4v) is 4.26. The minimum atomic E-state index is 0.917. The molecule has 0 saturated carbocycles. The van der Waals surface area contributed by atoms with E-state index in [-0.39, 0.29) is 0 Å². The summed E-state index contributed by atoms with van der Waals surface area (Å²) in [6.45, 7) is 0. The van der Waals surface area contributed by atoms with E-state index in [1.807, 2.05) is 54.9 Å². The SMILES string of the molecule is C(#Cc1cncc2c1ccc1c3ccccc3nc(-c3ccccc3)c21)c1ccccc1. The van der Waals surface area contributed by atoms with Crippen molar-refractivity contribution in [3.05, 3.63) is 121 Å². The van der Waals surface area contributed by atoms with Gasteiger partial charge in [-0.1, -0.05) is 90.7 Å². The molecular weight excluding hydrogens is 388 g/mol. The molecular formula is C30H18N2. The number of aromatic nitrogens is 2. The predicted molar refractivity (Wildman–Crippen MR) is 132 cm³/mol. The molecule has 2 nitrogen and oxygen atoms in total. The van der Waals surface area contributed by atoms with Crippen molar-refractivity contribution in [2.75, 3.05) is 0 Å². The highest BCUT2D eigenvalue weighted by molar-refractivity contribution is 6.21. The predicted octanol–water partition coefficient (Wildman–Crippen LogP) is 7.00. The molecule has 0 aliphatic heterocycles. The minimum absolute atomic E-state index is 0.917. The summed E-state index contributed by atoms with van der Waals surface area (Å²) in [6, 6.07) is 33.1. The summed E-state index contributed by atoms with van der Waals surface area (Å²) >= 11 is 0. The van der Waals surface area contributed by atoms with Crippen LogP contribution < -0.4 is 0 Å². The Morgan fingerprint density at radius 3 is 2.09 bits per heavy atom. The number of para-hydroxylation sites is 1. The van der Waals surface area contributed by atoms with Crippen LogP contribution in [0.5, 0.6) is 0 Å². The molecule has 0 spiro atoms. The Hall–Kier alpha value is -4.48. The average molecular weight is 406 g/mol. The van der Waals surface area contributed by atoms with Gasteiger partial charge < -0.3 is 0 Å². The van der Waals surface area contributed by atoms with Crippen LogP contribution in [0.2, 0.25) is 0 Å². The van der Waals surface area contributed by atoms with Crippen LogP contribution in [-0.4, -0.2) is 9.97 Å². The van der Waals surface area contributed by atoms with E-state index in [0.717, 1.165) is 49.4 Å². The number of pyridine rings is 2. The van der Waals surface area contributed by atoms with E-state index in [9.17, 15) is 0 Å². The molecule has 2 heterocycles. The first-order valence-corrected chi connectivity index (χ1v) is 10.6. The van der Waals surface area contributed by atoms with Gasteiger partial charge in [-0.2, -0.15) is 0 Å². The van der Waals surface area contributed by atoms with Gasteiger partial charge in [0.2, 0.25) is 0 Å². The van der Waals surface area contributed by atoms with Crippen LogP contribution in [0.1, 0.15) is 11.1 Å². The summed E-state index contributed by atoms with van der Waals surface area (Å²) in [7, 11) is 0. The fraction of sp³-hybridized carbons (Fsp3) is 0. The Morgan fingerprint density at radius 2 is 1.25 bits per heavy atom. The van der Waals surface area contributed by atoms with Crippen molar-refractivity contribution >= 4 is 32.4 Å². The van der Waals surface area contributed by atoms with Crippen LogP contribution in [0.4, 0.5) is 0 Å². The molecule has 6 rings (SSSR count). The molecule has 0 N–H and O–H groups in total. The van der Waals surface area contributed by atoms with E-state index in [1.165, 1.54) is 5.39 Å². The Bertz CT molecular complexity index is 1660. The molecule has 6 aromatic rings. The molecule has 4 aromatic carbocycles. The van der Waals surface area contributed by atoms with E-state index in [4.69, 9.17) is 4.98 Å². The van der Waals surface area contributed by atoms with Crippen molar-refractivity contribution < 1.29 is 0 Å². The monoisotopic (exact) mass is 406 g/mol. The lowest BCUT2D eigenvalue weighted by Crippen LogP contribution is -1.92. The number of hydrogen-bond donors (Lipinski definition) is 0. The summed E-state index contributed by atoms with van der Waals surface area (Å²) in [4.78, 5) is 9.64. The van der Waals surface area contributed by atoms with Crippen LogP contribution in [0, 0.1) is 11.8 Å². The number of hydrogen-bond acceptors (Lipinski definition) is 2. The third kappa shape index (κ3) is 3.09. The highest BCUT2D eigenvalue weighted by Crippen LogP contribution is 2.37. The number of benzene rings is 4. The van der Waals surface area contributed by atoms with Crippen molar-refractivity contribution in [2.45, 2.75) is 0 Å². The molecule has 0 bridgehead atoms. The summed E-state index contributed by atoms with van der Waals surface area (Å²) in [5.41, 5.74) is 4.96. The van der Waals surface area contributed by atoms with Crippen molar-refractivity contribution in [1.29, 1.82) is 0 Å². The second-order valence-corrected chi connectivity index (χ2v) is 7.73. The Labute approximate surface area is 186 Å². The number of fused-ring (bicyclic) bond motifs is 5.